The van der Waals surface area contributed by atoms with Gasteiger partial charge >= 0.3 is 5.97 Å². The van der Waals surface area contributed by atoms with Gasteiger partial charge in [0, 0.05) is 43.1 Å². The number of esters is 1. The second-order valence-electron chi connectivity index (χ2n) is 6.10. The molecule has 1 atom stereocenters. The average molecular weight is 346 g/mol. The van der Waals surface area contributed by atoms with E-state index in [0.717, 1.165) is 16.6 Å². The van der Waals surface area contributed by atoms with Crippen LogP contribution in [0, 0.1) is 0 Å². The highest BCUT2D eigenvalue weighted by Crippen LogP contribution is 2.23. The molecule has 7 nitrogen and oxygen atoms in total. The van der Waals surface area contributed by atoms with Gasteiger partial charge in [-0.25, -0.2) is 0 Å². The number of H-pyrrole nitrogens is 1. The SMILES string of the molecule is CCN(CC)C(=O)CCC(=O)Oc1ccc2n[nH]c(CC(C)N)c2c1. The van der Waals surface area contributed by atoms with Crippen molar-refractivity contribution in [2.75, 3.05) is 13.1 Å². The van der Waals surface area contributed by atoms with Crippen LogP contribution in [0.1, 0.15) is 39.3 Å². The lowest BCUT2D eigenvalue weighted by Crippen LogP contribution is -2.30. The van der Waals surface area contributed by atoms with Crippen LogP contribution in [0.3, 0.4) is 0 Å². The van der Waals surface area contributed by atoms with Crippen molar-refractivity contribution in [1.82, 2.24) is 15.1 Å². The van der Waals surface area contributed by atoms with Crippen LogP contribution < -0.4 is 10.5 Å². The molecule has 2 rings (SSSR count). The zero-order valence-corrected chi connectivity index (χ0v) is 15.0. The van der Waals surface area contributed by atoms with Crippen molar-refractivity contribution in [1.29, 1.82) is 0 Å². The number of nitrogens with one attached hydrogen (secondary N) is 1. The molecule has 1 amide bonds. The quantitative estimate of drug-likeness (QED) is 0.562. The molecule has 0 saturated heterocycles. The second-order valence-corrected chi connectivity index (χ2v) is 6.10. The molecule has 0 fully saturated rings. The van der Waals surface area contributed by atoms with Crippen molar-refractivity contribution in [2.24, 2.45) is 5.73 Å². The van der Waals surface area contributed by atoms with E-state index in [0.29, 0.717) is 25.3 Å². The number of aromatic amines is 1. The van der Waals surface area contributed by atoms with Gasteiger partial charge in [-0.3, -0.25) is 14.7 Å². The molecule has 2 aromatic rings. The van der Waals surface area contributed by atoms with E-state index in [1.807, 2.05) is 20.8 Å². The van der Waals surface area contributed by atoms with E-state index < -0.39 is 5.97 Å². The molecule has 0 aliphatic heterocycles. The van der Waals surface area contributed by atoms with Crippen LogP contribution in [-0.2, 0) is 16.0 Å². The molecule has 3 N–H and O–H groups in total. The first-order valence-electron chi connectivity index (χ1n) is 8.65. The highest BCUT2D eigenvalue weighted by molar-refractivity contribution is 5.85. The Morgan fingerprint density at radius 1 is 1.28 bits per heavy atom. The Bertz CT molecular complexity index is 735. The molecule has 136 valence electrons. The zero-order chi connectivity index (χ0) is 18.4. The maximum absolute atomic E-state index is 12.0. The molecule has 7 heteroatoms. The van der Waals surface area contributed by atoms with Gasteiger partial charge in [-0.1, -0.05) is 0 Å². The number of hydrogen-bond acceptors (Lipinski definition) is 5. The van der Waals surface area contributed by atoms with Crippen LogP contribution in [0.15, 0.2) is 18.2 Å². The number of ether oxygens (including phenoxy) is 1. The Hall–Kier alpha value is -2.41. The summed E-state index contributed by atoms with van der Waals surface area (Å²) in [6.45, 7) is 7.04. The summed E-state index contributed by atoms with van der Waals surface area (Å²) >= 11 is 0. The van der Waals surface area contributed by atoms with E-state index in [4.69, 9.17) is 10.5 Å². The lowest BCUT2D eigenvalue weighted by atomic mass is 10.1. The first-order chi connectivity index (χ1) is 11.9. The fourth-order valence-electron chi connectivity index (χ4n) is 2.71. The number of benzene rings is 1. The van der Waals surface area contributed by atoms with Gasteiger partial charge in [0.1, 0.15) is 5.75 Å². The minimum atomic E-state index is -0.419. The second kappa shape index (κ2) is 8.62. The van der Waals surface area contributed by atoms with Crippen LogP contribution in [-0.4, -0.2) is 46.1 Å². The molecule has 1 aromatic heterocycles. The Morgan fingerprint density at radius 2 is 2.00 bits per heavy atom. The van der Waals surface area contributed by atoms with Crippen molar-refractivity contribution in [3.8, 4) is 5.75 Å². The number of aromatic nitrogens is 2. The van der Waals surface area contributed by atoms with Gasteiger partial charge in [-0.05, 0) is 39.0 Å². The summed E-state index contributed by atoms with van der Waals surface area (Å²) < 4.78 is 5.37. The largest absolute Gasteiger partial charge is 0.426 e. The number of amides is 1. The Morgan fingerprint density at radius 3 is 2.64 bits per heavy atom. The number of carbonyl (C=O) groups is 2. The molecular formula is C18H26N4O3. The molecule has 0 radical (unpaired) electrons. The summed E-state index contributed by atoms with van der Waals surface area (Å²) in [4.78, 5) is 25.7. The maximum atomic E-state index is 12.0. The van der Waals surface area contributed by atoms with E-state index >= 15 is 0 Å². The summed E-state index contributed by atoms with van der Waals surface area (Å²) in [6, 6.07) is 5.27. The topological polar surface area (TPSA) is 101 Å². The van der Waals surface area contributed by atoms with Gasteiger partial charge in [-0.15, -0.1) is 0 Å². The third-order valence-corrected chi connectivity index (χ3v) is 4.02. The molecule has 1 heterocycles. The molecule has 0 spiro atoms. The lowest BCUT2D eigenvalue weighted by molar-refractivity contribution is -0.138. The zero-order valence-electron chi connectivity index (χ0n) is 15.0. The first-order valence-corrected chi connectivity index (χ1v) is 8.65. The molecule has 0 aliphatic carbocycles. The molecule has 25 heavy (non-hydrogen) atoms. The number of nitrogens with zero attached hydrogens (tertiary/aromatic N) is 2. The van der Waals surface area contributed by atoms with E-state index in [1.165, 1.54) is 0 Å². The third kappa shape index (κ3) is 5.03. The van der Waals surface area contributed by atoms with Gasteiger partial charge in [0.05, 0.1) is 11.9 Å². The highest BCUT2D eigenvalue weighted by atomic mass is 16.5. The molecular weight excluding hydrogens is 320 g/mol. The predicted octanol–water partition coefficient (Wildman–Crippen LogP) is 2.01. The summed E-state index contributed by atoms with van der Waals surface area (Å²) in [7, 11) is 0. The summed E-state index contributed by atoms with van der Waals surface area (Å²) in [5.74, 6) is -0.0105. The number of nitrogens with two attached hydrogens (primary N) is 1. The first kappa shape index (κ1) is 18.9. The molecule has 0 saturated carbocycles. The van der Waals surface area contributed by atoms with Crippen molar-refractivity contribution in [3.05, 3.63) is 23.9 Å². The van der Waals surface area contributed by atoms with Crippen LogP contribution in [0.5, 0.6) is 5.75 Å². The lowest BCUT2D eigenvalue weighted by Gasteiger charge is -2.18. The molecule has 1 unspecified atom stereocenters. The number of rotatable bonds is 8. The maximum Gasteiger partial charge on any atom is 0.311 e. The molecule has 0 aliphatic rings. The van der Waals surface area contributed by atoms with Crippen LogP contribution in [0.2, 0.25) is 0 Å². The van der Waals surface area contributed by atoms with Crippen LogP contribution in [0.4, 0.5) is 0 Å². The predicted molar refractivity (Wildman–Crippen MR) is 96.2 cm³/mol. The monoisotopic (exact) mass is 346 g/mol. The molecule has 0 bridgehead atoms. The van der Waals surface area contributed by atoms with E-state index in [-0.39, 0.29) is 24.8 Å². The van der Waals surface area contributed by atoms with Crippen molar-refractivity contribution < 1.29 is 14.3 Å². The van der Waals surface area contributed by atoms with Gasteiger partial charge < -0.3 is 15.4 Å². The Kier molecular flexibility index (Phi) is 6.52. The Labute approximate surface area is 147 Å². The van der Waals surface area contributed by atoms with Crippen molar-refractivity contribution in [3.63, 3.8) is 0 Å². The Balaban J connectivity index is 1.99. The van der Waals surface area contributed by atoms with Crippen LogP contribution >= 0.6 is 0 Å². The summed E-state index contributed by atoms with van der Waals surface area (Å²) in [5.41, 5.74) is 7.55. The van der Waals surface area contributed by atoms with E-state index in [1.54, 1.807) is 23.1 Å². The van der Waals surface area contributed by atoms with Gasteiger partial charge in [-0.2, -0.15) is 5.10 Å². The summed E-state index contributed by atoms with van der Waals surface area (Å²) in [5, 5.41) is 8.08. The number of fused-ring (bicyclic) bond motifs is 1. The third-order valence-electron chi connectivity index (χ3n) is 4.02. The normalized spacial score (nSPS) is 12.2. The van der Waals surface area contributed by atoms with Gasteiger partial charge in [0.15, 0.2) is 0 Å². The average Bonchev–Trinajstić information content (AvgIpc) is 2.96. The minimum absolute atomic E-state index is 0.000876. The van der Waals surface area contributed by atoms with Gasteiger partial charge in [0.2, 0.25) is 5.91 Å². The minimum Gasteiger partial charge on any atom is -0.426 e. The highest BCUT2D eigenvalue weighted by Gasteiger charge is 2.14. The smallest absolute Gasteiger partial charge is 0.311 e. The number of carbonyl (C=O) groups excluding carboxylic acids is 2. The summed E-state index contributed by atoms with van der Waals surface area (Å²) in [6.07, 6.45) is 0.877. The standard InChI is InChI=1S/C18H26N4O3/c1-4-22(5-2)17(23)8-9-18(24)25-13-6-7-15-14(11-13)16(21-20-15)10-12(3)19/h6-7,11-12H,4-5,8-10,19H2,1-3H3,(H,20,21). The fraction of sp³-hybridized carbons (Fsp3) is 0.500. The van der Waals surface area contributed by atoms with Crippen LogP contribution in [0.25, 0.3) is 10.9 Å². The van der Waals surface area contributed by atoms with Crippen molar-refractivity contribution >= 4 is 22.8 Å². The van der Waals surface area contributed by atoms with E-state index in [2.05, 4.69) is 10.2 Å². The fourth-order valence-corrected chi connectivity index (χ4v) is 2.71. The van der Waals surface area contributed by atoms with E-state index in [9.17, 15) is 9.59 Å². The van der Waals surface area contributed by atoms with Gasteiger partial charge in [0.25, 0.3) is 0 Å². The number of hydrogen-bond donors (Lipinski definition) is 2. The molecule has 1 aromatic carbocycles. The van der Waals surface area contributed by atoms with Crippen molar-refractivity contribution in [2.45, 2.75) is 46.1 Å².